The smallest absolute Gasteiger partial charge is 0.0543 e. The minimum Gasteiger partial charge on any atom is -0.393 e. The normalized spacial score (nSPS) is 45.3. The second kappa shape index (κ2) is 8.57. The van der Waals surface area contributed by atoms with Crippen LogP contribution in [-0.4, -0.2) is 11.2 Å². The molecule has 0 heterocycles. The van der Waals surface area contributed by atoms with E-state index >= 15 is 0 Å². The molecule has 30 heavy (non-hydrogen) atoms. The average molecular weight is 415 g/mol. The molecule has 1 N–H and O–H groups in total. The minimum atomic E-state index is -0.0404. The van der Waals surface area contributed by atoms with Crippen molar-refractivity contribution in [3.63, 3.8) is 0 Å². The van der Waals surface area contributed by atoms with Gasteiger partial charge in [0, 0.05) is 0 Å². The van der Waals surface area contributed by atoms with Crippen molar-refractivity contribution in [2.75, 3.05) is 0 Å². The molecule has 4 aliphatic carbocycles. The maximum atomic E-state index is 10.3. The van der Waals surface area contributed by atoms with Gasteiger partial charge >= 0.3 is 0 Å². The molecule has 0 saturated heterocycles. The Morgan fingerprint density at radius 1 is 0.967 bits per heavy atom. The monoisotopic (exact) mass is 414 g/mol. The first kappa shape index (κ1) is 22.9. The molecule has 0 spiro atoms. The van der Waals surface area contributed by atoms with Gasteiger partial charge in [-0.2, -0.15) is 0 Å². The third kappa shape index (κ3) is 3.74. The molecule has 3 saturated carbocycles. The van der Waals surface area contributed by atoms with Crippen LogP contribution in [0.5, 0.6) is 0 Å². The van der Waals surface area contributed by atoms with Crippen LogP contribution in [0.2, 0.25) is 0 Å². The van der Waals surface area contributed by atoms with Gasteiger partial charge in [-0.25, -0.2) is 0 Å². The van der Waals surface area contributed by atoms with Gasteiger partial charge in [0.1, 0.15) is 0 Å². The van der Waals surface area contributed by atoms with Gasteiger partial charge in [-0.1, -0.05) is 66.0 Å². The number of hydrogen-bond donors (Lipinski definition) is 1. The third-order valence-electron chi connectivity index (χ3n) is 11.3. The molecule has 1 nitrogen and oxygen atoms in total. The molecule has 1 heteroatoms. The van der Waals surface area contributed by atoms with Crippen LogP contribution in [0, 0.1) is 52.3 Å². The van der Waals surface area contributed by atoms with Crippen molar-refractivity contribution < 1.29 is 5.11 Å². The Hall–Kier alpha value is -0.300. The average Bonchev–Trinajstić information content (AvgIpc) is 3.06. The predicted molar refractivity (Wildman–Crippen MR) is 128 cm³/mol. The molecule has 172 valence electrons. The van der Waals surface area contributed by atoms with Crippen molar-refractivity contribution in [2.24, 2.45) is 52.3 Å². The van der Waals surface area contributed by atoms with E-state index in [-0.39, 0.29) is 6.10 Å². The first-order valence-corrected chi connectivity index (χ1v) is 13.6. The lowest BCUT2D eigenvalue weighted by atomic mass is 9.47. The van der Waals surface area contributed by atoms with E-state index in [2.05, 4.69) is 47.6 Å². The fraction of sp³-hybridized carbons (Fsp3) is 0.931. The molecule has 0 bridgehead atoms. The largest absolute Gasteiger partial charge is 0.393 e. The molecule has 4 aliphatic rings. The lowest BCUT2D eigenvalue weighted by Gasteiger charge is -2.57. The van der Waals surface area contributed by atoms with E-state index in [0.29, 0.717) is 10.8 Å². The summed E-state index contributed by atoms with van der Waals surface area (Å²) in [4.78, 5) is 0. The number of allylic oxidation sites excluding steroid dienone is 2. The van der Waals surface area contributed by atoms with Crippen LogP contribution in [0.25, 0.3) is 0 Å². The summed E-state index contributed by atoms with van der Waals surface area (Å²) >= 11 is 0. The maximum Gasteiger partial charge on any atom is 0.0543 e. The molecule has 9 atom stereocenters. The summed E-state index contributed by atoms with van der Waals surface area (Å²) in [5.74, 6) is 5.92. The SMILES string of the molecule is CC[C@H](CC[C@@H](C)[C@H]1CC[C@H]2C3=CC[C@@H]4C[C@@H](O)CC[C@]4(C)[C@H]3CC[C@]12C)C(C)C. The van der Waals surface area contributed by atoms with Gasteiger partial charge in [0.25, 0.3) is 0 Å². The molecule has 0 aromatic heterocycles. The summed E-state index contributed by atoms with van der Waals surface area (Å²) < 4.78 is 0. The number of hydrogen-bond acceptors (Lipinski definition) is 1. The molecule has 0 radical (unpaired) electrons. The zero-order valence-corrected chi connectivity index (χ0v) is 20.9. The van der Waals surface area contributed by atoms with Crippen LogP contribution in [-0.2, 0) is 0 Å². The van der Waals surface area contributed by atoms with Crippen LogP contribution in [0.15, 0.2) is 11.6 Å². The molecule has 3 fully saturated rings. The van der Waals surface area contributed by atoms with Gasteiger partial charge in [-0.05, 0) is 110 Å². The molecular weight excluding hydrogens is 364 g/mol. The highest BCUT2D eigenvalue weighted by molar-refractivity contribution is 5.27. The minimum absolute atomic E-state index is 0.0404. The van der Waals surface area contributed by atoms with E-state index in [4.69, 9.17) is 0 Å². The molecule has 0 aliphatic heterocycles. The fourth-order valence-electron chi connectivity index (χ4n) is 9.15. The summed E-state index contributed by atoms with van der Waals surface area (Å²) in [7, 11) is 0. The predicted octanol–water partition coefficient (Wildman–Crippen LogP) is 8.02. The Kier molecular flexibility index (Phi) is 6.53. The van der Waals surface area contributed by atoms with E-state index in [1.165, 1.54) is 57.8 Å². The lowest BCUT2D eigenvalue weighted by Crippen LogP contribution is -2.49. The highest BCUT2D eigenvalue weighted by Crippen LogP contribution is 2.67. The van der Waals surface area contributed by atoms with Crippen LogP contribution >= 0.6 is 0 Å². The zero-order valence-electron chi connectivity index (χ0n) is 20.9. The fourth-order valence-corrected chi connectivity index (χ4v) is 9.15. The molecule has 0 amide bonds. The standard InChI is InChI=1S/C29H50O/c1-7-21(19(2)3)9-8-20(4)25-12-13-26-24-11-10-22-18-23(30)14-16-28(22,5)27(24)15-17-29(25,26)6/h11,19-23,25-27,30H,7-10,12-18H2,1-6H3/t20-,21-,22-,23+,25-,26+,27+,28+,29-/m1/s1. The quantitative estimate of drug-likeness (QED) is 0.436. The highest BCUT2D eigenvalue weighted by atomic mass is 16.3. The Bertz CT molecular complexity index is 634. The molecule has 0 aromatic carbocycles. The molecule has 0 aromatic rings. The van der Waals surface area contributed by atoms with Gasteiger partial charge in [0.15, 0.2) is 0 Å². The maximum absolute atomic E-state index is 10.3. The topological polar surface area (TPSA) is 20.2 Å². The highest BCUT2D eigenvalue weighted by Gasteiger charge is 2.58. The van der Waals surface area contributed by atoms with Crippen molar-refractivity contribution >= 4 is 0 Å². The van der Waals surface area contributed by atoms with E-state index in [1.54, 1.807) is 0 Å². The van der Waals surface area contributed by atoms with Crippen LogP contribution in [0.3, 0.4) is 0 Å². The van der Waals surface area contributed by atoms with Crippen molar-refractivity contribution in [2.45, 2.75) is 118 Å². The third-order valence-corrected chi connectivity index (χ3v) is 11.3. The van der Waals surface area contributed by atoms with E-state index in [9.17, 15) is 5.11 Å². The number of fused-ring (bicyclic) bond motifs is 5. The molecule has 4 rings (SSSR count). The Morgan fingerprint density at radius 3 is 2.37 bits per heavy atom. The van der Waals surface area contributed by atoms with Crippen LogP contribution in [0.4, 0.5) is 0 Å². The van der Waals surface area contributed by atoms with Crippen LogP contribution < -0.4 is 0 Å². The van der Waals surface area contributed by atoms with Gasteiger partial charge in [0.2, 0.25) is 0 Å². The van der Waals surface area contributed by atoms with Gasteiger partial charge in [-0.15, -0.1) is 0 Å². The van der Waals surface area contributed by atoms with Gasteiger partial charge in [0.05, 0.1) is 6.10 Å². The number of aliphatic hydroxyl groups is 1. The Balaban J connectivity index is 1.48. The number of aliphatic hydroxyl groups excluding tert-OH is 1. The Morgan fingerprint density at radius 2 is 1.67 bits per heavy atom. The van der Waals surface area contributed by atoms with Crippen LogP contribution in [0.1, 0.15) is 112 Å². The number of rotatable bonds is 6. The first-order valence-electron chi connectivity index (χ1n) is 13.6. The summed E-state index contributed by atoms with van der Waals surface area (Å²) in [6.45, 7) is 15.1. The van der Waals surface area contributed by atoms with E-state index < -0.39 is 0 Å². The van der Waals surface area contributed by atoms with Crippen molar-refractivity contribution in [1.82, 2.24) is 0 Å². The summed E-state index contributed by atoms with van der Waals surface area (Å²) in [5.41, 5.74) is 2.88. The van der Waals surface area contributed by atoms with Gasteiger partial charge in [-0.3, -0.25) is 0 Å². The van der Waals surface area contributed by atoms with Gasteiger partial charge < -0.3 is 5.11 Å². The molecule has 0 unspecified atom stereocenters. The summed E-state index contributed by atoms with van der Waals surface area (Å²) in [6, 6.07) is 0. The summed E-state index contributed by atoms with van der Waals surface area (Å²) in [6.07, 6.45) is 17.2. The van der Waals surface area contributed by atoms with E-state index in [0.717, 1.165) is 54.3 Å². The summed E-state index contributed by atoms with van der Waals surface area (Å²) in [5, 5.41) is 10.3. The lowest BCUT2D eigenvalue weighted by molar-refractivity contribution is -0.0428. The Labute approximate surface area is 187 Å². The van der Waals surface area contributed by atoms with Crippen molar-refractivity contribution in [1.29, 1.82) is 0 Å². The second-order valence-electron chi connectivity index (χ2n) is 12.9. The molecular formula is C29H50O. The van der Waals surface area contributed by atoms with Crippen molar-refractivity contribution in [3.05, 3.63) is 11.6 Å². The zero-order chi connectivity index (χ0) is 21.7. The van der Waals surface area contributed by atoms with E-state index in [1.807, 2.05) is 5.57 Å². The first-order chi connectivity index (χ1) is 14.2. The van der Waals surface area contributed by atoms with Crippen molar-refractivity contribution in [3.8, 4) is 0 Å². The second-order valence-corrected chi connectivity index (χ2v) is 12.9.